The lowest BCUT2D eigenvalue weighted by Gasteiger charge is -2.37. The van der Waals surface area contributed by atoms with E-state index in [0.29, 0.717) is 12.1 Å². The van der Waals surface area contributed by atoms with Gasteiger partial charge in [0.2, 0.25) is 0 Å². The maximum atomic E-state index is 9.25. The van der Waals surface area contributed by atoms with Crippen molar-refractivity contribution in [1.82, 2.24) is 10.2 Å². The van der Waals surface area contributed by atoms with E-state index in [2.05, 4.69) is 23.2 Å². The number of morpholine rings is 1. The molecule has 2 fully saturated rings. The molecule has 1 heterocycles. The van der Waals surface area contributed by atoms with Crippen molar-refractivity contribution in [1.29, 1.82) is 5.26 Å². The lowest BCUT2D eigenvalue weighted by molar-refractivity contribution is -0.0559. The zero-order valence-corrected chi connectivity index (χ0v) is 13.0. The van der Waals surface area contributed by atoms with Crippen LogP contribution in [0, 0.1) is 11.3 Å². The molecule has 0 spiro atoms. The van der Waals surface area contributed by atoms with Gasteiger partial charge in [0.1, 0.15) is 5.54 Å². The smallest absolute Gasteiger partial charge is 0.103 e. The summed E-state index contributed by atoms with van der Waals surface area (Å²) in [5.74, 6) is 0. The quantitative estimate of drug-likeness (QED) is 0.727. The molecule has 20 heavy (non-hydrogen) atoms. The molecule has 0 aromatic rings. The fraction of sp³-hybridized carbons (Fsp3) is 0.938. The third kappa shape index (κ3) is 3.94. The molecular formula is C16H29N3O. The van der Waals surface area contributed by atoms with Crippen molar-refractivity contribution in [3.05, 3.63) is 0 Å². The number of fused-ring (bicyclic) bond motifs is 1. The first-order valence-electron chi connectivity index (χ1n) is 8.20. The molecule has 0 aromatic carbocycles. The van der Waals surface area contributed by atoms with Gasteiger partial charge in [0, 0.05) is 12.6 Å². The first-order chi connectivity index (χ1) is 9.68. The lowest BCUT2D eigenvalue weighted by Crippen LogP contribution is -2.48. The van der Waals surface area contributed by atoms with Gasteiger partial charge in [-0.25, -0.2) is 0 Å². The minimum atomic E-state index is -0.352. The molecule has 0 aromatic heterocycles. The minimum absolute atomic E-state index is 0.352. The number of nitriles is 1. The number of nitrogens with zero attached hydrogens (tertiary/aromatic N) is 2. The lowest BCUT2D eigenvalue weighted by atomic mass is 9.96. The van der Waals surface area contributed by atoms with Crippen LogP contribution in [0.4, 0.5) is 0 Å². The molecule has 1 N–H and O–H groups in total. The summed E-state index contributed by atoms with van der Waals surface area (Å²) in [5, 5.41) is 12.5. The van der Waals surface area contributed by atoms with Crippen LogP contribution in [0.3, 0.4) is 0 Å². The zero-order chi connectivity index (χ0) is 14.4. The number of hydrogen-bond donors (Lipinski definition) is 1. The highest BCUT2D eigenvalue weighted by Gasteiger charge is 2.35. The predicted molar refractivity (Wildman–Crippen MR) is 80.5 cm³/mol. The second-order valence-electron chi connectivity index (χ2n) is 6.37. The molecule has 4 nitrogen and oxygen atoms in total. The molecule has 2 aliphatic rings. The van der Waals surface area contributed by atoms with Crippen molar-refractivity contribution in [2.24, 2.45) is 0 Å². The third-order valence-corrected chi connectivity index (χ3v) is 4.78. The van der Waals surface area contributed by atoms with E-state index in [1.807, 2.05) is 6.92 Å². The fourth-order valence-corrected chi connectivity index (χ4v) is 3.65. The molecule has 1 aliphatic heterocycles. The summed E-state index contributed by atoms with van der Waals surface area (Å²) >= 11 is 0. The van der Waals surface area contributed by atoms with Gasteiger partial charge < -0.3 is 4.74 Å². The number of unbranched alkanes of at least 4 members (excludes halogenated alkanes) is 1. The third-order valence-electron chi connectivity index (χ3n) is 4.78. The average molecular weight is 279 g/mol. The zero-order valence-electron chi connectivity index (χ0n) is 13.0. The van der Waals surface area contributed by atoms with E-state index in [-0.39, 0.29) is 5.54 Å². The normalized spacial score (nSPS) is 29.6. The molecule has 1 aliphatic carbocycles. The van der Waals surface area contributed by atoms with Gasteiger partial charge in [-0.1, -0.05) is 6.92 Å². The summed E-state index contributed by atoms with van der Waals surface area (Å²) in [4.78, 5) is 2.62. The van der Waals surface area contributed by atoms with E-state index in [1.165, 1.54) is 25.7 Å². The summed E-state index contributed by atoms with van der Waals surface area (Å²) < 4.78 is 5.85. The van der Waals surface area contributed by atoms with E-state index < -0.39 is 0 Å². The Balaban J connectivity index is 1.69. The first kappa shape index (κ1) is 15.8. The van der Waals surface area contributed by atoms with Crippen molar-refractivity contribution in [2.45, 2.75) is 70.1 Å². The minimum Gasteiger partial charge on any atom is -0.375 e. The summed E-state index contributed by atoms with van der Waals surface area (Å²) in [5.41, 5.74) is -0.352. The molecule has 1 saturated heterocycles. The van der Waals surface area contributed by atoms with E-state index in [1.54, 1.807) is 0 Å². The largest absolute Gasteiger partial charge is 0.375 e. The summed E-state index contributed by atoms with van der Waals surface area (Å²) in [6.45, 7) is 8.08. The molecule has 3 unspecified atom stereocenters. The Morgan fingerprint density at radius 1 is 1.40 bits per heavy atom. The van der Waals surface area contributed by atoms with Crippen LogP contribution < -0.4 is 5.32 Å². The van der Waals surface area contributed by atoms with Crippen molar-refractivity contribution in [3.8, 4) is 6.07 Å². The predicted octanol–water partition coefficient (Wildman–Crippen LogP) is 2.30. The average Bonchev–Trinajstić information content (AvgIpc) is 2.93. The van der Waals surface area contributed by atoms with Gasteiger partial charge in [0.15, 0.2) is 0 Å². The van der Waals surface area contributed by atoms with Gasteiger partial charge in [-0.15, -0.1) is 0 Å². The second kappa shape index (κ2) is 7.40. The molecule has 2 rings (SSSR count). The highest BCUT2D eigenvalue weighted by molar-refractivity contribution is 5.03. The van der Waals surface area contributed by atoms with Gasteiger partial charge in [0.05, 0.1) is 18.8 Å². The topological polar surface area (TPSA) is 48.3 Å². The standard InChI is InChI=1S/C16H29N3O/c1-3-18-16(2,13-17)9-4-5-10-19-11-12-20-15-8-6-7-14(15)19/h14-15,18H,3-12H2,1-2H3. The molecule has 4 heteroatoms. The van der Waals surface area contributed by atoms with Crippen LogP contribution in [0.2, 0.25) is 0 Å². The maximum absolute atomic E-state index is 9.25. The Hall–Kier alpha value is -0.630. The Bertz CT molecular complexity index is 341. The maximum Gasteiger partial charge on any atom is 0.103 e. The van der Waals surface area contributed by atoms with Crippen LogP contribution in [0.15, 0.2) is 0 Å². The first-order valence-corrected chi connectivity index (χ1v) is 8.20. The van der Waals surface area contributed by atoms with Crippen LogP contribution in [0.25, 0.3) is 0 Å². The van der Waals surface area contributed by atoms with E-state index in [4.69, 9.17) is 4.74 Å². The fourth-order valence-electron chi connectivity index (χ4n) is 3.65. The Morgan fingerprint density at radius 3 is 3.00 bits per heavy atom. The molecule has 0 radical (unpaired) electrons. The van der Waals surface area contributed by atoms with Crippen molar-refractivity contribution in [2.75, 3.05) is 26.2 Å². The van der Waals surface area contributed by atoms with Crippen molar-refractivity contribution in [3.63, 3.8) is 0 Å². The number of ether oxygens (including phenoxy) is 1. The van der Waals surface area contributed by atoms with Crippen molar-refractivity contribution < 1.29 is 4.74 Å². The van der Waals surface area contributed by atoms with E-state index >= 15 is 0 Å². The Morgan fingerprint density at radius 2 is 2.25 bits per heavy atom. The van der Waals surface area contributed by atoms with Crippen LogP contribution in [-0.4, -0.2) is 48.8 Å². The van der Waals surface area contributed by atoms with E-state index in [9.17, 15) is 5.26 Å². The highest BCUT2D eigenvalue weighted by Crippen LogP contribution is 2.29. The molecule has 3 atom stereocenters. The number of nitrogens with one attached hydrogen (secondary N) is 1. The number of hydrogen-bond acceptors (Lipinski definition) is 4. The van der Waals surface area contributed by atoms with Gasteiger partial charge in [-0.05, 0) is 58.5 Å². The van der Waals surface area contributed by atoms with Gasteiger partial charge in [-0.3, -0.25) is 10.2 Å². The number of rotatable bonds is 7. The van der Waals surface area contributed by atoms with Gasteiger partial charge in [-0.2, -0.15) is 5.26 Å². The Kier molecular flexibility index (Phi) is 5.83. The molecule has 0 amide bonds. The van der Waals surface area contributed by atoms with Crippen LogP contribution in [-0.2, 0) is 4.74 Å². The van der Waals surface area contributed by atoms with Crippen LogP contribution in [0.5, 0.6) is 0 Å². The van der Waals surface area contributed by atoms with Gasteiger partial charge in [0.25, 0.3) is 0 Å². The summed E-state index contributed by atoms with van der Waals surface area (Å²) in [6, 6.07) is 3.08. The van der Waals surface area contributed by atoms with E-state index in [0.717, 1.165) is 39.1 Å². The van der Waals surface area contributed by atoms with Crippen LogP contribution in [0.1, 0.15) is 52.4 Å². The monoisotopic (exact) mass is 279 g/mol. The van der Waals surface area contributed by atoms with Crippen molar-refractivity contribution >= 4 is 0 Å². The SMILES string of the molecule is CCNC(C)(C#N)CCCCN1CCOC2CCCC21. The summed E-state index contributed by atoms with van der Waals surface area (Å²) in [7, 11) is 0. The second-order valence-corrected chi connectivity index (χ2v) is 6.37. The van der Waals surface area contributed by atoms with Gasteiger partial charge >= 0.3 is 0 Å². The molecule has 1 saturated carbocycles. The molecule has 114 valence electrons. The highest BCUT2D eigenvalue weighted by atomic mass is 16.5. The Labute approximate surface area is 123 Å². The van der Waals surface area contributed by atoms with Crippen LogP contribution >= 0.6 is 0 Å². The summed E-state index contributed by atoms with van der Waals surface area (Å²) in [6.07, 6.45) is 7.60. The molecular weight excluding hydrogens is 250 g/mol. The molecule has 0 bridgehead atoms.